The molecule has 0 aromatic carbocycles. The normalized spacial score (nSPS) is 12.7. The average Bonchev–Trinajstić information content (AvgIpc) is 1.87. The van der Waals surface area contributed by atoms with E-state index in [1.54, 1.807) is 0 Å². The lowest BCUT2D eigenvalue weighted by Gasteiger charge is -2.09. The Morgan fingerprint density at radius 2 is 2.18 bits per heavy atom. The molecule has 11 heavy (non-hydrogen) atoms. The second-order valence-corrected chi connectivity index (χ2v) is 3.20. The van der Waals surface area contributed by atoms with Crippen molar-refractivity contribution in [3.05, 3.63) is 0 Å². The topological polar surface area (TPSA) is 15.6 Å². The lowest BCUT2D eigenvalue weighted by molar-refractivity contribution is 0.388. The maximum absolute atomic E-state index is 4.50. The molecule has 0 saturated heterocycles. The molecule has 0 aliphatic carbocycles. The zero-order valence-corrected chi connectivity index (χ0v) is 8.32. The van der Waals surface area contributed by atoms with Gasteiger partial charge in [-0.3, -0.25) is 0 Å². The van der Waals surface area contributed by atoms with Crippen molar-refractivity contribution in [2.75, 3.05) is 20.6 Å². The molecule has 3 heteroatoms. The molecule has 0 spiro atoms. The number of isothiocyanates is 1. The molecule has 0 N–H and O–H groups in total. The van der Waals surface area contributed by atoms with Gasteiger partial charge in [-0.05, 0) is 52.6 Å². The summed E-state index contributed by atoms with van der Waals surface area (Å²) in [6, 6.07) is 0.340. The predicted octanol–water partition coefficient (Wildman–Crippen LogP) is 1.82. The maximum atomic E-state index is 4.50. The molecule has 1 atom stereocenters. The monoisotopic (exact) mass is 172 g/mol. The standard InChI is InChI=1S/C8H16N2S/c1-8(9-7-11)5-4-6-10(2)3/h8H,4-6H2,1-3H3. The summed E-state index contributed by atoms with van der Waals surface area (Å²) in [7, 11) is 4.15. The van der Waals surface area contributed by atoms with Gasteiger partial charge in [0, 0.05) is 0 Å². The van der Waals surface area contributed by atoms with E-state index in [-0.39, 0.29) is 0 Å². The van der Waals surface area contributed by atoms with E-state index in [1.165, 1.54) is 6.42 Å². The molecule has 0 bridgehead atoms. The Morgan fingerprint density at radius 3 is 2.64 bits per heavy atom. The van der Waals surface area contributed by atoms with Crippen molar-refractivity contribution in [1.29, 1.82) is 0 Å². The second kappa shape index (κ2) is 6.47. The minimum absolute atomic E-state index is 0.340. The van der Waals surface area contributed by atoms with Crippen molar-refractivity contribution < 1.29 is 0 Å². The van der Waals surface area contributed by atoms with E-state index in [0.717, 1.165) is 13.0 Å². The van der Waals surface area contributed by atoms with Crippen molar-refractivity contribution in [3.63, 3.8) is 0 Å². The summed E-state index contributed by atoms with van der Waals surface area (Å²) in [5.41, 5.74) is 0. The first kappa shape index (κ1) is 10.8. The first-order valence-corrected chi connectivity index (χ1v) is 4.29. The summed E-state index contributed by atoms with van der Waals surface area (Å²) in [4.78, 5) is 6.14. The summed E-state index contributed by atoms with van der Waals surface area (Å²) >= 11 is 4.50. The van der Waals surface area contributed by atoms with Gasteiger partial charge in [0.05, 0.1) is 11.2 Å². The number of rotatable bonds is 5. The highest BCUT2D eigenvalue weighted by atomic mass is 32.1. The molecule has 64 valence electrons. The van der Waals surface area contributed by atoms with E-state index in [1.807, 2.05) is 0 Å². The van der Waals surface area contributed by atoms with Crippen LogP contribution in [-0.4, -0.2) is 36.7 Å². The van der Waals surface area contributed by atoms with Crippen LogP contribution in [0.4, 0.5) is 0 Å². The highest BCUT2D eigenvalue weighted by Crippen LogP contribution is 2.00. The Balaban J connectivity index is 3.31. The Kier molecular flexibility index (Phi) is 6.33. The van der Waals surface area contributed by atoms with E-state index < -0.39 is 0 Å². The van der Waals surface area contributed by atoms with Crippen LogP contribution in [0.25, 0.3) is 0 Å². The van der Waals surface area contributed by atoms with Crippen LogP contribution in [0.3, 0.4) is 0 Å². The lowest BCUT2D eigenvalue weighted by Crippen LogP contribution is -2.14. The van der Waals surface area contributed by atoms with Gasteiger partial charge in [0.15, 0.2) is 0 Å². The highest BCUT2D eigenvalue weighted by molar-refractivity contribution is 7.78. The van der Waals surface area contributed by atoms with Crippen LogP contribution in [-0.2, 0) is 0 Å². The van der Waals surface area contributed by atoms with Crippen LogP contribution in [0, 0.1) is 0 Å². The Hall–Kier alpha value is -0.240. The first-order chi connectivity index (χ1) is 5.16. The van der Waals surface area contributed by atoms with E-state index in [0.29, 0.717) is 6.04 Å². The molecular weight excluding hydrogens is 156 g/mol. The number of hydrogen-bond donors (Lipinski definition) is 0. The molecule has 0 saturated carbocycles. The first-order valence-electron chi connectivity index (χ1n) is 3.88. The lowest BCUT2D eigenvalue weighted by atomic mass is 10.2. The quantitative estimate of drug-likeness (QED) is 0.464. The van der Waals surface area contributed by atoms with Crippen molar-refractivity contribution >= 4 is 17.4 Å². The fourth-order valence-electron chi connectivity index (χ4n) is 0.857. The number of hydrogen-bond acceptors (Lipinski definition) is 3. The van der Waals surface area contributed by atoms with Crippen molar-refractivity contribution in [2.45, 2.75) is 25.8 Å². The van der Waals surface area contributed by atoms with Crippen molar-refractivity contribution in [3.8, 4) is 0 Å². The third kappa shape index (κ3) is 7.66. The highest BCUT2D eigenvalue weighted by Gasteiger charge is 1.97. The number of nitrogens with zero attached hydrogens (tertiary/aromatic N) is 2. The molecule has 0 aliphatic heterocycles. The summed E-state index contributed by atoms with van der Waals surface area (Å²) < 4.78 is 0. The van der Waals surface area contributed by atoms with Crippen LogP contribution in [0.5, 0.6) is 0 Å². The van der Waals surface area contributed by atoms with Gasteiger partial charge in [-0.15, -0.1) is 0 Å². The minimum Gasteiger partial charge on any atom is -0.309 e. The van der Waals surface area contributed by atoms with Crippen molar-refractivity contribution in [2.24, 2.45) is 4.99 Å². The molecule has 2 nitrogen and oxygen atoms in total. The smallest absolute Gasteiger partial charge is 0.0587 e. The van der Waals surface area contributed by atoms with Gasteiger partial charge < -0.3 is 4.90 Å². The largest absolute Gasteiger partial charge is 0.309 e. The molecule has 0 aromatic heterocycles. The summed E-state index contributed by atoms with van der Waals surface area (Å²) in [6.07, 6.45) is 2.27. The Morgan fingerprint density at radius 1 is 1.55 bits per heavy atom. The van der Waals surface area contributed by atoms with Crippen LogP contribution in [0.1, 0.15) is 19.8 Å². The van der Waals surface area contributed by atoms with E-state index in [4.69, 9.17) is 0 Å². The molecule has 0 aliphatic rings. The molecule has 0 amide bonds. The molecule has 0 aromatic rings. The van der Waals surface area contributed by atoms with Gasteiger partial charge in [0.2, 0.25) is 0 Å². The molecule has 0 rings (SSSR count). The van der Waals surface area contributed by atoms with E-state index >= 15 is 0 Å². The van der Waals surface area contributed by atoms with Gasteiger partial charge in [-0.1, -0.05) is 0 Å². The molecule has 0 radical (unpaired) electrons. The van der Waals surface area contributed by atoms with E-state index in [9.17, 15) is 0 Å². The van der Waals surface area contributed by atoms with E-state index in [2.05, 4.69) is 48.3 Å². The Bertz CT molecular complexity index is 139. The van der Waals surface area contributed by atoms with Gasteiger partial charge in [-0.25, -0.2) is 4.99 Å². The number of aliphatic imine (C=N–C) groups is 1. The van der Waals surface area contributed by atoms with Crippen LogP contribution in [0.2, 0.25) is 0 Å². The molecule has 0 fully saturated rings. The minimum atomic E-state index is 0.340. The molecular formula is C8H16N2S. The average molecular weight is 172 g/mol. The fourth-order valence-corrected chi connectivity index (χ4v) is 1.04. The SMILES string of the molecule is CC(CCCN(C)C)N=C=S. The molecule has 0 heterocycles. The third-order valence-electron chi connectivity index (χ3n) is 1.50. The van der Waals surface area contributed by atoms with Gasteiger partial charge in [0.1, 0.15) is 0 Å². The van der Waals surface area contributed by atoms with Gasteiger partial charge in [-0.2, -0.15) is 0 Å². The zero-order chi connectivity index (χ0) is 8.69. The summed E-state index contributed by atoms with van der Waals surface area (Å²) in [6.45, 7) is 3.19. The van der Waals surface area contributed by atoms with Crippen LogP contribution < -0.4 is 0 Å². The van der Waals surface area contributed by atoms with Gasteiger partial charge in [0.25, 0.3) is 0 Å². The molecule has 1 unspecified atom stereocenters. The predicted molar refractivity (Wildman–Crippen MR) is 52.3 cm³/mol. The van der Waals surface area contributed by atoms with Crippen LogP contribution in [0.15, 0.2) is 4.99 Å². The number of thiocarbonyl (C=S) groups is 1. The Labute approximate surface area is 74.3 Å². The third-order valence-corrected chi connectivity index (χ3v) is 1.61. The maximum Gasteiger partial charge on any atom is 0.0587 e. The summed E-state index contributed by atoms with van der Waals surface area (Å²) in [5.74, 6) is 0. The fraction of sp³-hybridized carbons (Fsp3) is 0.875. The second-order valence-electron chi connectivity index (χ2n) is 3.01. The van der Waals surface area contributed by atoms with Crippen molar-refractivity contribution in [1.82, 2.24) is 4.90 Å². The van der Waals surface area contributed by atoms with Gasteiger partial charge >= 0.3 is 0 Å². The summed E-state index contributed by atoms with van der Waals surface area (Å²) in [5, 5.41) is 2.40. The van der Waals surface area contributed by atoms with Crippen LogP contribution >= 0.6 is 12.2 Å². The zero-order valence-electron chi connectivity index (χ0n) is 7.50.